The average Bonchev–Trinajstić information content (AvgIpc) is 3.17. The van der Waals surface area contributed by atoms with Gasteiger partial charge in [-0.3, -0.25) is 4.79 Å². The lowest BCUT2D eigenvalue weighted by Crippen LogP contribution is -2.13. The van der Waals surface area contributed by atoms with E-state index in [0.29, 0.717) is 32.9 Å². The Morgan fingerprint density at radius 3 is 2.61 bits per heavy atom. The number of para-hydroxylation sites is 1. The fraction of sp³-hybridized carbons (Fsp3) is 0.200. The first-order valence-electron chi connectivity index (χ1n) is 8.39. The molecule has 1 amide bonds. The summed E-state index contributed by atoms with van der Waals surface area (Å²) in [7, 11) is 6.96. The SMILES string of the molecule is COc1cccc(-c2nc(C(=O)Nc3ccc(N(C)C)c(Cl)c3)cs2)c1OC. The molecule has 0 spiro atoms. The van der Waals surface area contributed by atoms with Gasteiger partial charge in [0.15, 0.2) is 11.5 Å². The molecule has 0 saturated heterocycles. The second kappa shape index (κ2) is 8.50. The maximum absolute atomic E-state index is 12.6. The summed E-state index contributed by atoms with van der Waals surface area (Å²) < 4.78 is 10.8. The van der Waals surface area contributed by atoms with E-state index in [4.69, 9.17) is 21.1 Å². The third kappa shape index (κ3) is 4.05. The molecule has 3 aromatic rings. The fourth-order valence-electron chi connectivity index (χ4n) is 2.70. The van der Waals surface area contributed by atoms with Crippen LogP contribution in [-0.2, 0) is 0 Å². The summed E-state index contributed by atoms with van der Waals surface area (Å²) >= 11 is 7.63. The van der Waals surface area contributed by atoms with Crippen LogP contribution in [0.1, 0.15) is 10.5 Å². The minimum Gasteiger partial charge on any atom is -0.493 e. The highest BCUT2D eigenvalue weighted by Crippen LogP contribution is 2.39. The van der Waals surface area contributed by atoms with Crippen molar-refractivity contribution < 1.29 is 14.3 Å². The lowest BCUT2D eigenvalue weighted by atomic mass is 10.2. The lowest BCUT2D eigenvalue weighted by Gasteiger charge is -2.15. The van der Waals surface area contributed by atoms with Gasteiger partial charge in [0.1, 0.15) is 10.7 Å². The van der Waals surface area contributed by atoms with E-state index < -0.39 is 0 Å². The Balaban J connectivity index is 1.83. The molecule has 0 radical (unpaired) electrons. The number of thiazole rings is 1. The highest BCUT2D eigenvalue weighted by atomic mass is 35.5. The topological polar surface area (TPSA) is 63.7 Å². The summed E-state index contributed by atoms with van der Waals surface area (Å²) in [5, 5.41) is 5.76. The van der Waals surface area contributed by atoms with Crippen molar-refractivity contribution in [2.75, 3.05) is 38.5 Å². The summed E-state index contributed by atoms with van der Waals surface area (Å²) in [6.07, 6.45) is 0. The summed E-state index contributed by atoms with van der Waals surface area (Å²) in [6, 6.07) is 10.9. The largest absolute Gasteiger partial charge is 0.493 e. The first kappa shape index (κ1) is 20.0. The zero-order chi connectivity index (χ0) is 20.3. The molecule has 0 saturated carbocycles. The normalized spacial score (nSPS) is 10.5. The van der Waals surface area contributed by atoms with Crippen molar-refractivity contribution in [1.82, 2.24) is 4.98 Å². The summed E-state index contributed by atoms with van der Waals surface area (Å²) in [5.41, 5.74) is 2.57. The van der Waals surface area contributed by atoms with E-state index in [-0.39, 0.29) is 5.91 Å². The molecule has 8 heteroatoms. The number of methoxy groups -OCH3 is 2. The minimum atomic E-state index is -0.307. The number of halogens is 1. The number of ether oxygens (including phenoxy) is 2. The van der Waals surface area contributed by atoms with Crippen molar-refractivity contribution in [3.63, 3.8) is 0 Å². The Morgan fingerprint density at radius 2 is 1.96 bits per heavy atom. The van der Waals surface area contributed by atoms with Crippen molar-refractivity contribution in [2.45, 2.75) is 0 Å². The number of hydrogen-bond acceptors (Lipinski definition) is 6. The molecule has 0 aliphatic heterocycles. The highest BCUT2D eigenvalue weighted by molar-refractivity contribution is 7.13. The van der Waals surface area contributed by atoms with Gasteiger partial charge >= 0.3 is 0 Å². The standard InChI is InChI=1S/C20H20ClN3O3S/c1-24(2)16-9-8-12(10-14(16)21)22-19(25)15-11-28-20(23-15)13-6-5-7-17(26-3)18(13)27-4/h5-11H,1-4H3,(H,22,25). The van der Waals surface area contributed by atoms with Gasteiger partial charge in [-0.1, -0.05) is 17.7 Å². The van der Waals surface area contributed by atoms with Crippen LogP contribution in [0.4, 0.5) is 11.4 Å². The van der Waals surface area contributed by atoms with Gasteiger partial charge < -0.3 is 19.7 Å². The van der Waals surface area contributed by atoms with E-state index in [1.54, 1.807) is 31.7 Å². The highest BCUT2D eigenvalue weighted by Gasteiger charge is 2.17. The molecule has 0 bridgehead atoms. The third-order valence-electron chi connectivity index (χ3n) is 4.06. The molecule has 6 nitrogen and oxygen atoms in total. The number of rotatable bonds is 6. The molecule has 28 heavy (non-hydrogen) atoms. The Kier molecular flexibility index (Phi) is 6.06. The van der Waals surface area contributed by atoms with Crippen LogP contribution in [0.3, 0.4) is 0 Å². The molecule has 1 aromatic heterocycles. The monoisotopic (exact) mass is 417 g/mol. The van der Waals surface area contributed by atoms with Crippen molar-refractivity contribution >= 4 is 40.2 Å². The van der Waals surface area contributed by atoms with Crippen molar-refractivity contribution in [3.05, 3.63) is 52.5 Å². The maximum Gasteiger partial charge on any atom is 0.275 e. The smallest absolute Gasteiger partial charge is 0.275 e. The van der Waals surface area contributed by atoms with Gasteiger partial charge in [0.05, 0.1) is 30.5 Å². The molecule has 3 rings (SSSR count). The van der Waals surface area contributed by atoms with Gasteiger partial charge in [0.25, 0.3) is 5.91 Å². The first-order chi connectivity index (χ1) is 13.4. The summed E-state index contributed by atoms with van der Waals surface area (Å²) in [4.78, 5) is 19.0. The van der Waals surface area contributed by atoms with Crippen LogP contribution in [0.2, 0.25) is 5.02 Å². The van der Waals surface area contributed by atoms with Gasteiger partial charge in [-0.05, 0) is 30.3 Å². The van der Waals surface area contributed by atoms with E-state index >= 15 is 0 Å². The van der Waals surface area contributed by atoms with E-state index in [1.165, 1.54) is 11.3 Å². The van der Waals surface area contributed by atoms with Crippen LogP contribution < -0.4 is 19.7 Å². The van der Waals surface area contributed by atoms with Crippen molar-refractivity contribution in [1.29, 1.82) is 0 Å². The van der Waals surface area contributed by atoms with Crippen LogP contribution in [-0.4, -0.2) is 39.2 Å². The molecular formula is C20H20ClN3O3S. The molecule has 0 unspecified atom stereocenters. The maximum atomic E-state index is 12.6. The molecular weight excluding hydrogens is 398 g/mol. The quantitative estimate of drug-likeness (QED) is 0.624. The van der Waals surface area contributed by atoms with Crippen molar-refractivity contribution in [3.8, 4) is 22.1 Å². The van der Waals surface area contributed by atoms with Crippen LogP contribution >= 0.6 is 22.9 Å². The molecule has 0 aliphatic rings. The number of hydrogen-bond donors (Lipinski definition) is 1. The molecule has 0 aliphatic carbocycles. The molecule has 0 atom stereocenters. The molecule has 1 heterocycles. The predicted molar refractivity (Wildman–Crippen MR) is 114 cm³/mol. The molecule has 1 N–H and O–H groups in total. The van der Waals surface area contributed by atoms with Gasteiger partial charge in [-0.15, -0.1) is 11.3 Å². The zero-order valence-corrected chi connectivity index (χ0v) is 17.5. The van der Waals surface area contributed by atoms with E-state index in [0.717, 1.165) is 11.3 Å². The summed E-state index contributed by atoms with van der Waals surface area (Å²) in [5.74, 6) is 0.882. The van der Waals surface area contributed by atoms with E-state index in [1.807, 2.05) is 43.3 Å². The number of anilines is 2. The van der Waals surface area contributed by atoms with Gasteiger partial charge in [0, 0.05) is 25.2 Å². The molecule has 2 aromatic carbocycles. The third-order valence-corrected chi connectivity index (χ3v) is 5.24. The van der Waals surface area contributed by atoms with Gasteiger partial charge in [-0.2, -0.15) is 0 Å². The predicted octanol–water partition coefficient (Wildman–Crippen LogP) is 4.80. The number of carbonyl (C=O) groups excluding carboxylic acids is 1. The molecule has 146 valence electrons. The number of nitrogens with zero attached hydrogens (tertiary/aromatic N) is 2. The second-order valence-electron chi connectivity index (χ2n) is 6.09. The van der Waals surface area contributed by atoms with E-state index in [9.17, 15) is 4.79 Å². The van der Waals surface area contributed by atoms with Crippen LogP contribution in [0, 0.1) is 0 Å². The van der Waals surface area contributed by atoms with Crippen LogP contribution in [0.25, 0.3) is 10.6 Å². The fourth-order valence-corrected chi connectivity index (χ4v) is 3.87. The molecule has 0 fully saturated rings. The van der Waals surface area contributed by atoms with Crippen LogP contribution in [0.5, 0.6) is 11.5 Å². The first-order valence-corrected chi connectivity index (χ1v) is 9.65. The number of aromatic nitrogens is 1. The second-order valence-corrected chi connectivity index (χ2v) is 7.36. The number of carbonyl (C=O) groups is 1. The van der Waals surface area contributed by atoms with Crippen LogP contribution in [0.15, 0.2) is 41.8 Å². The minimum absolute atomic E-state index is 0.307. The number of nitrogens with one attached hydrogen (secondary N) is 1. The van der Waals surface area contributed by atoms with Gasteiger partial charge in [-0.25, -0.2) is 4.98 Å². The number of benzene rings is 2. The Labute approximate surface area is 172 Å². The number of amides is 1. The Hall–Kier alpha value is -2.77. The summed E-state index contributed by atoms with van der Waals surface area (Å²) in [6.45, 7) is 0. The average molecular weight is 418 g/mol. The van der Waals surface area contributed by atoms with Gasteiger partial charge in [0.2, 0.25) is 0 Å². The lowest BCUT2D eigenvalue weighted by molar-refractivity contribution is 0.102. The van der Waals surface area contributed by atoms with E-state index in [2.05, 4.69) is 10.3 Å². The Morgan fingerprint density at radius 1 is 1.18 bits per heavy atom. The zero-order valence-electron chi connectivity index (χ0n) is 15.9. The van der Waals surface area contributed by atoms with Crippen molar-refractivity contribution in [2.24, 2.45) is 0 Å². The Bertz CT molecular complexity index is 1000.